The largest absolute Gasteiger partial charge is 0.497 e. The number of non-ortho nitro benzene ring substituents is 1. The van der Waals surface area contributed by atoms with Gasteiger partial charge in [-0.15, -0.1) is 10.2 Å². The van der Waals surface area contributed by atoms with Crippen LogP contribution >= 0.6 is 0 Å². The molecule has 0 amide bonds. The van der Waals surface area contributed by atoms with E-state index in [0.29, 0.717) is 11.4 Å². The van der Waals surface area contributed by atoms with Gasteiger partial charge in [-0.25, -0.2) is 0 Å². The molecular weight excluding hydrogens is 398 g/mol. The zero-order valence-electron chi connectivity index (χ0n) is 15.5. The van der Waals surface area contributed by atoms with Crippen LogP contribution < -0.4 is 10.5 Å². The second-order valence-corrected chi connectivity index (χ2v) is 7.56. The molecule has 29 heavy (non-hydrogen) atoms. The number of hydrogen-bond acceptors (Lipinski definition) is 8. The average molecular weight is 417 g/mol. The Hall–Kier alpha value is -3.31. The van der Waals surface area contributed by atoms with Crippen molar-refractivity contribution in [3.05, 3.63) is 64.2 Å². The third kappa shape index (κ3) is 4.76. The minimum Gasteiger partial charge on any atom is -0.497 e. The number of nitrogen functional groups attached to an aromatic ring is 1. The smallest absolute Gasteiger partial charge is 0.271 e. The van der Waals surface area contributed by atoms with Gasteiger partial charge < -0.3 is 15.6 Å². The predicted molar refractivity (Wildman–Crippen MR) is 106 cm³/mol. The number of rotatable bonds is 8. The Kier molecular flexibility index (Phi) is 6.20. The van der Waals surface area contributed by atoms with Gasteiger partial charge in [-0.05, 0) is 30.2 Å². The van der Waals surface area contributed by atoms with E-state index < -0.39 is 21.8 Å². The van der Waals surface area contributed by atoms with Crippen molar-refractivity contribution < 1.29 is 19.0 Å². The van der Waals surface area contributed by atoms with Crippen molar-refractivity contribution in [2.24, 2.45) is 0 Å². The molecule has 0 spiro atoms. The first kappa shape index (κ1) is 20.4. The Morgan fingerprint density at radius 1 is 1.28 bits per heavy atom. The van der Waals surface area contributed by atoms with Crippen molar-refractivity contribution in [1.29, 1.82) is 0 Å². The van der Waals surface area contributed by atoms with Gasteiger partial charge in [0.05, 0.1) is 40.4 Å². The molecule has 0 bridgehead atoms. The van der Waals surface area contributed by atoms with Crippen molar-refractivity contribution in [3.63, 3.8) is 0 Å². The summed E-state index contributed by atoms with van der Waals surface area (Å²) >= 11 is 0. The van der Waals surface area contributed by atoms with Gasteiger partial charge >= 0.3 is 0 Å². The Bertz CT molecular complexity index is 1050. The molecule has 0 saturated carbocycles. The van der Waals surface area contributed by atoms with Gasteiger partial charge in [0, 0.05) is 12.1 Å². The number of aliphatic hydroxyl groups is 1. The maximum Gasteiger partial charge on any atom is 0.271 e. The van der Waals surface area contributed by atoms with Gasteiger partial charge in [0.15, 0.2) is 0 Å². The van der Waals surface area contributed by atoms with Gasteiger partial charge in [0.1, 0.15) is 5.75 Å². The van der Waals surface area contributed by atoms with Crippen LogP contribution in [0.1, 0.15) is 5.56 Å². The van der Waals surface area contributed by atoms with Crippen LogP contribution in [0.25, 0.3) is 5.69 Å². The molecule has 3 aromatic rings. The van der Waals surface area contributed by atoms with Gasteiger partial charge in [0.25, 0.3) is 5.69 Å². The summed E-state index contributed by atoms with van der Waals surface area (Å²) in [6.07, 6.45) is -0.650. The zero-order chi connectivity index (χ0) is 21.0. The van der Waals surface area contributed by atoms with Crippen LogP contribution in [0.15, 0.2) is 53.7 Å². The Morgan fingerprint density at radius 3 is 2.76 bits per heavy atom. The topological polar surface area (TPSA) is 146 Å². The highest BCUT2D eigenvalue weighted by molar-refractivity contribution is 7.84. The summed E-state index contributed by atoms with van der Waals surface area (Å²) in [5.41, 5.74) is 6.82. The third-order valence-electron chi connectivity index (χ3n) is 4.11. The van der Waals surface area contributed by atoms with Crippen LogP contribution in [0.5, 0.6) is 5.75 Å². The number of nitrogens with zero attached hydrogens (tertiary/aromatic N) is 4. The van der Waals surface area contributed by atoms with E-state index in [1.165, 1.54) is 22.8 Å². The number of nitro benzene ring substituents is 1. The molecule has 1 aromatic heterocycles. The maximum atomic E-state index is 12.8. The van der Waals surface area contributed by atoms with Crippen LogP contribution in [0.2, 0.25) is 0 Å². The van der Waals surface area contributed by atoms with E-state index in [9.17, 15) is 19.4 Å². The summed E-state index contributed by atoms with van der Waals surface area (Å²) < 4.78 is 19.2. The molecule has 11 heteroatoms. The zero-order valence-corrected chi connectivity index (χ0v) is 16.3. The highest BCUT2D eigenvalue weighted by Gasteiger charge is 2.21. The summed E-state index contributed by atoms with van der Waals surface area (Å²) in [7, 11) is -0.193. The van der Waals surface area contributed by atoms with Gasteiger partial charge in [-0.1, -0.05) is 18.2 Å². The number of benzene rings is 2. The molecule has 3 rings (SSSR count). The standard InChI is InChI=1S/C18H19N5O5S/c1-28-16-7-2-4-12(9-16)8-15(24)11-29(27)18-21-20-17(19)22(18)13-5-3-6-14(10-13)23(25)26/h2-7,9-10,15,24H,8,11H2,1H3,(H2,19,20). The SMILES string of the molecule is COc1cccc(CC(O)CS(=O)c2nnc(N)n2-c2cccc([N+](=O)[O-])c2)c1. The number of nitro groups is 1. The van der Waals surface area contributed by atoms with E-state index in [2.05, 4.69) is 10.2 Å². The number of aromatic nitrogens is 3. The first-order chi connectivity index (χ1) is 13.9. The number of methoxy groups -OCH3 is 1. The fourth-order valence-corrected chi connectivity index (χ4v) is 3.95. The molecule has 10 nitrogen and oxygen atoms in total. The lowest BCUT2D eigenvalue weighted by atomic mass is 10.1. The van der Waals surface area contributed by atoms with Crippen LogP contribution in [0, 0.1) is 10.1 Å². The lowest BCUT2D eigenvalue weighted by Gasteiger charge is -2.12. The summed E-state index contributed by atoms with van der Waals surface area (Å²) in [6.45, 7) is 0. The highest BCUT2D eigenvalue weighted by atomic mass is 32.2. The van der Waals surface area contributed by atoms with Gasteiger partial charge in [-0.2, -0.15) is 0 Å². The lowest BCUT2D eigenvalue weighted by Crippen LogP contribution is -2.21. The van der Waals surface area contributed by atoms with E-state index in [0.717, 1.165) is 5.56 Å². The second-order valence-electron chi connectivity index (χ2n) is 6.17. The van der Waals surface area contributed by atoms with Crippen LogP contribution in [-0.4, -0.2) is 48.0 Å². The van der Waals surface area contributed by atoms with Crippen molar-refractivity contribution in [1.82, 2.24) is 14.8 Å². The number of anilines is 1. The molecular formula is C18H19N5O5S. The molecule has 152 valence electrons. The van der Waals surface area contributed by atoms with Crippen molar-refractivity contribution >= 4 is 22.4 Å². The van der Waals surface area contributed by atoms with Crippen LogP contribution in [0.4, 0.5) is 11.6 Å². The Labute approximate surface area is 168 Å². The molecule has 3 N–H and O–H groups in total. The quantitative estimate of drug-likeness (QED) is 0.414. The fraction of sp³-hybridized carbons (Fsp3) is 0.222. The van der Waals surface area contributed by atoms with Crippen LogP contribution in [-0.2, 0) is 17.2 Å². The number of nitrogens with two attached hydrogens (primary N) is 1. The van der Waals surface area contributed by atoms with E-state index in [-0.39, 0.29) is 29.0 Å². The molecule has 0 fully saturated rings. The van der Waals surface area contributed by atoms with Crippen molar-refractivity contribution in [2.75, 3.05) is 18.6 Å². The second kappa shape index (κ2) is 8.80. The number of aliphatic hydroxyl groups excluding tert-OH is 1. The minimum atomic E-state index is -1.74. The summed E-state index contributed by atoms with van der Waals surface area (Å²) in [5, 5.41) is 29.0. The maximum absolute atomic E-state index is 12.8. The molecule has 0 radical (unpaired) electrons. The molecule has 2 atom stereocenters. The molecule has 0 aliphatic rings. The average Bonchev–Trinajstić information content (AvgIpc) is 3.09. The fourth-order valence-electron chi connectivity index (χ4n) is 2.80. The van der Waals surface area contributed by atoms with E-state index in [1.807, 2.05) is 6.07 Å². The summed E-state index contributed by atoms with van der Waals surface area (Å²) in [6, 6.07) is 12.9. The predicted octanol–water partition coefficient (Wildman–Crippen LogP) is 1.48. The Morgan fingerprint density at radius 2 is 2.03 bits per heavy atom. The molecule has 0 aliphatic heterocycles. The normalized spacial score (nSPS) is 13.0. The molecule has 1 heterocycles. The van der Waals surface area contributed by atoms with Crippen molar-refractivity contribution in [2.45, 2.75) is 17.7 Å². The van der Waals surface area contributed by atoms with Crippen molar-refractivity contribution in [3.8, 4) is 11.4 Å². The third-order valence-corrected chi connectivity index (χ3v) is 5.47. The minimum absolute atomic E-state index is 0.00712. The molecule has 0 aliphatic carbocycles. The first-order valence-corrected chi connectivity index (χ1v) is 9.86. The van der Waals surface area contributed by atoms with Gasteiger partial charge in [-0.3, -0.25) is 18.9 Å². The number of hydrogen-bond donors (Lipinski definition) is 2. The highest BCUT2D eigenvalue weighted by Crippen LogP contribution is 2.22. The lowest BCUT2D eigenvalue weighted by molar-refractivity contribution is -0.384. The summed E-state index contributed by atoms with van der Waals surface area (Å²) in [5.74, 6) is 0.495. The molecule has 0 saturated heterocycles. The molecule has 2 unspecified atom stereocenters. The first-order valence-electron chi connectivity index (χ1n) is 8.54. The van der Waals surface area contributed by atoms with E-state index in [1.54, 1.807) is 31.4 Å². The molecule has 2 aromatic carbocycles. The number of ether oxygens (including phenoxy) is 1. The van der Waals surface area contributed by atoms with Crippen LogP contribution in [0.3, 0.4) is 0 Å². The summed E-state index contributed by atoms with van der Waals surface area (Å²) in [4.78, 5) is 10.5. The van der Waals surface area contributed by atoms with E-state index in [4.69, 9.17) is 10.5 Å². The Balaban J connectivity index is 1.80. The van der Waals surface area contributed by atoms with Gasteiger partial charge in [0.2, 0.25) is 11.1 Å². The van der Waals surface area contributed by atoms with E-state index >= 15 is 0 Å². The monoisotopic (exact) mass is 417 g/mol.